The van der Waals surface area contributed by atoms with E-state index in [1.165, 1.54) is 5.56 Å². The Kier molecular flexibility index (Phi) is 4.49. The van der Waals surface area contributed by atoms with Gasteiger partial charge < -0.3 is 15.8 Å². The zero-order chi connectivity index (χ0) is 14.4. The average Bonchev–Trinajstić information content (AvgIpc) is 2.53. The van der Waals surface area contributed by atoms with Crippen molar-refractivity contribution in [3.8, 4) is 0 Å². The molecule has 0 saturated heterocycles. The number of hydrogen-bond donors (Lipinski definition) is 2. The number of amidine groups is 1. The number of aromatic nitrogens is 2. The molecule has 0 aliphatic heterocycles. The number of rotatable bonds is 5. The Bertz CT molecular complexity index is 585. The molecule has 20 heavy (non-hydrogen) atoms. The van der Waals surface area contributed by atoms with Crippen molar-refractivity contribution < 1.29 is 5.21 Å². The monoisotopic (exact) mass is 271 g/mol. The smallest absolute Gasteiger partial charge is 0.225 e. The lowest BCUT2D eigenvalue weighted by Crippen LogP contribution is -2.24. The summed E-state index contributed by atoms with van der Waals surface area (Å²) in [5.74, 6) is 0.523. The summed E-state index contributed by atoms with van der Waals surface area (Å²) in [6, 6.07) is 11.8. The van der Waals surface area contributed by atoms with Crippen LogP contribution in [0.15, 0.2) is 47.8 Å². The van der Waals surface area contributed by atoms with Gasteiger partial charge in [0.1, 0.15) is 5.69 Å². The van der Waals surface area contributed by atoms with E-state index >= 15 is 0 Å². The average molecular weight is 271 g/mol. The second-order valence-electron chi connectivity index (χ2n) is 4.38. The molecule has 6 heteroatoms. The fourth-order valence-corrected chi connectivity index (χ4v) is 1.77. The first-order valence-electron chi connectivity index (χ1n) is 6.26. The molecule has 2 aromatic rings. The minimum Gasteiger partial charge on any atom is -0.409 e. The van der Waals surface area contributed by atoms with Gasteiger partial charge in [0.05, 0.1) is 0 Å². The van der Waals surface area contributed by atoms with E-state index in [1.807, 2.05) is 30.1 Å². The maximum Gasteiger partial charge on any atom is 0.225 e. The van der Waals surface area contributed by atoms with Crippen molar-refractivity contribution in [1.82, 2.24) is 9.97 Å². The lowest BCUT2D eigenvalue weighted by atomic mass is 10.1. The summed E-state index contributed by atoms with van der Waals surface area (Å²) < 4.78 is 0. The summed E-state index contributed by atoms with van der Waals surface area (Å²) >= 11 is 0. The first-order valence-corrected chi connectivity index (χ1v) is 6.26. The van der Waals surface area contributed by atoms with Crippen LogP contribution in [0.25, 0.3) is 0 Å². The van der Waals surface area contributed by atoms with E-state index in [9.17, 15) is 0 Å². The van der Waals surface area contributed by atoms with Crippen LogP contribution < -0.4 is 10.6 Å². The lowest BCUT2D eigenvalue weighted by molar-refractivity contribution is 0.318. The van der Waals surface area contributed by atoms with E-state index in [1.54, 1.807) is 12.3 Å². The standard InChI is InChI=1S/C14H17N5O/c1-19(10-8-11-5-3-2-4-6-11)14-16-9-7-12(17-14)13(15)18-20/h2-7,9,20H,8,10H2,1H3,(H2,15,18). The van der Waals surface area contributed by atoms with Gasteiger partial charge in [0, 0.05) is 19.8 Å². The van der Waals surface area contributed by atoms with Crippen LogP contribution in [-0.4, -0.2) is 34.6 Å². The molecule has 6 nitrogen and oxygen atoms in total. The maximum atomic E-state index is 8.66. The molecule has 0 spiro atoms. The van der Waals surface area contributed by atoms with Gasteiger partial charge in [0.25, 0.3) is 0 Å². The van der Waals surface area contributed by atoms with Crippen LogP contribution in [0, 0.1) is 0 Å². The first-order chi connectivity index (χ1) is 9.70. The van der Waals surface area contributed by atoms with Crippen molar-refractivity contribution in [3.05, 3.63) is 53.9 Å². The minimum atomic E-state index is -0.0230. The number of hydrogen-bond acceptors (Lipinski definition) is 5. The predicted octanol–water partition coefficient (Wildman–Crippen LogP) is 1.25. The summed E-state index contributed by atoms with van der Waals surface area (Å²) in [6.45, 7) is 0.781. The van der Waals surface area contributed by atoms with Gasteiger partial charge in [0.15, 0.2) is 5.84 Å². The molecule has 0 aliphatic rings. The number of benzene rings is 1. The molecule has 3 N–H and O–H groups in total. The van der Waals surface area contributed by atoms with Gasteiger partial charge in [-0.05, 0) is 18.1 Å². The summed E-state index contributed by atoms with van der Waals surface area (Å²) in [6.07, 6.45) is 2.49. The van der Waals surface area contributed by atoms with Crippen molar-refractivity contribution in [3.63, 3.8) is 0 Å². The molecular weight excluding hydrogens is 254 g/mol. The molecule has 0 atom stereocenters. The van der Waals surface area contributed by atoms with Gasteiger partial charge in [-0.1, -0.05) is 35.5 Å². The van der Waals surface area contributed by atoms with Crippen molar-refractivity contribution in [2.75, 3.05) is 18.5 Å². The maximum absolute atomic E-state index is 8.66. The summed E-state index contributed by atoms with van der Waals surface area (Å²) in [4.78, 5) is 10.4. The first kappa shape index (κ1) is 13.8. The molecule has 1 aromatic heterocycles. The highest BCUT2D eigenvalue weighted by molar-refractivity contribution is 5.95. The molecule has 0 aliphatic carbocycles. The molecule has 0 unspecified atom stereocenters. The Balaban J connectivity index is 2.04. The highest BCUT2D eigenvalue weighted by Crippen LogP contribution is 2.07. The summed E-state index contributed by atoms with van der Waals surface area (Å²) in [5.41, 5.74) is 7.18. The number of nitrogens with two attached hydrogens (primary N) is 1. The molecule has 2 rings (SSSR count). The van der Waals surface area contributed by atoms with Crippen molar-refractivity contribution >= 4 is 11.8 Å². The fourth-order valence-electron chi connectivity index (χ4n) is 1.77. The third-order valence-electron chi connectivity index (χ3n) is 2.93. The SMILES string of the molecule is CN(CCc1ccccc1)c1nccc(/C(N)=N/O)n1. The molecule has 0 amide bonds. The van der Waals surface area contributed by atoms with Crippen molar-refractivity contribution in [1.29, 1.82) is 0 Å². The quantitative estimate of drug-likeness (QED) is 0.370. The number of likely N-dealkylation sites (N-methyl/N-ethyl adjacent to an activating group) is 1. The van der Waals surface area contributed by atoms with Crippen LogP contribution in [0.3, 0.4) is 0 Å². The topological polar surface area (TPSA) is 87.6 Å². The van der Waals surface area contributed by atoms with Gasteiger partial charge >= 0.3 is 0 Å². The second kappa shape index (κ2) is 6.51. The molecule has 0 saturated carbocycles. The highest BCUT2D eigenvalue weighted by atomic mass is 16.4. The second-order valence-corrected chi connectivity index (χ2v) is 4.38. The fraction of sp³-hybridized carbons (Fsp3) is 0.214. The minimum absolute atomic E-state index is 0.0230. The molecule has 0 radical (unpaired) electrons. The Hall–Kier alpha value is -2.63. The van der Waals surface area contributed by atoms with E-state index in [-0.39, 0.29) is 5.84 Å². The van der Waals surface area contributed by atoms with Gasteiger partial charge in [-0.2, -0.15) is 0 Å². The van der Waals surface area contributed by atoms with Gasteiger partial charge in [-0.3, -0.25) is 0 Å². The Labute approximate surface area is 117 Å². The van der Waals surface area contributed by atoms with Gasteiger partial charge in [-0.25, -0.2) is 9.97 Å². The van der Waals surface area contributed by atoms with Crippen LogP contribution in [0.2, 0.25) is 0 Å². The van der Waals surface area contributed by atoms with Gasteiger partial charge in [0.2, 0.25) is 5.95 Å². The molecule has 104 valence electrons. The van der Waals surface area contributed by atoms with Crippen LogP contribution in [-0.2, 0) is 6.42 Å². The lowest BCUT2D eigenvalue weighted by Gasteiger charge is -2.17. The summed E-state index contributed by atoms with van der Waals surface area (Å²) in [7, 11) is 1.91. The third-order valence-corrected chi connectivity index (χ3v) is 2.93. The molecule has 1 aromatic carbocycles. The van der Waals surface area contributed by atoms with Gasteiger partial charge in [-0.15, -0.1) is 0 Å². The Morgan fingerprint density at radius 3 is 2.75 bits per heavy atom. The van der Waals surface area contributed by atoms with E-state index in [2.05, 4.69) is 27.3 Å². The molecular formula is C14H17N5O. The largest absolute Gasteiger partial charge is 0.409 e. The Morgan fingerprint density at radius 1 is 1.30 bits per heavy atom. The molecule has 0 fully saturated rings. The van der Waals surface area contributed by atoms with Crippen LogP contribution >= 0.6 is 0 Å². The molecule has 1 heterocycles. The van der Waals surface area contributed by atoms with E-state index in [0.29, 0.717) is 11.6 Å². The predicted molar refractivity (Wildman–Crippen MR) is 78.0 cm³/mol. The van der Waals surface area contributed by atoms with Crippen LogP contribution in [0.1, 0.15) is 11.3 Å². The van der Waals surface area contributed by atoms with Crippen LogP contribution in [0.5, 0.6) is 0 Å². The van der Waals surface area contributed by atoms with E-state index in [0.717, 1.165) is 13.0 Å². The Morgan fingerprint density at radius 2 is 2.05 bits per heavy atom. The normalized spacial score (nSPS) is 11.3. The number of nitrogens with zero attached hydrogens (tertiary/aromatic N) is 4. The zero-order valence-corrected chi connectivity index (χ0v) is 11.3. The van der Waals surface area contributed by atoms with Crippen LogP contribution in [0.4, 0.5) is 5.95 Å². The van der Waals surface area contributed by atoms with E-state index in [4.69, 9.17) is 10.9 Å². The third kappa shape index (κ3) is 3.44. The van der Waals surface area contributed by atoms with Crippen molar-refractivity contribution in [2.24, 2.45) is 10.9 Å². The summed E-state index contributed by atoms with van der Waals surface area (Å²) in [5, 5.41) is 11.6. The van der Waals surface area contributed by atoms with Crippen molar-refractivity contribution in [2.45, 2.75) is 6.42 Å². The zero-order valence-electron chi connectivity index (χ0n) is 11.3. The number of anilines is 1. The van der Waals surface area contributed by atoms with E-state index < -0.39 is 0 Å². The number of oxime groups is 1. The molecule has 0 bridgehead atoms. The highest BCUT2D eigenvalue weighted by Gasteiger charge is 2.07.